The van der Waals surface area contributed by atoms with Gasteiger partial charge in [0.1, 0.15) is 5.65 Å². The molecule has 0 amide bonds. The van der Waals surface area contributed by atoms with Crippen LogP contribution in [0, 0.1) is 0 Å². The number of aromatic nitrogens is 2. The van der Waals surface area contributed by atoms with E-state index in [1.54, 1.807) is 12.3 Å². The highest BCUT2D eigenvalue weighted by Gasteiger charge is 2.19. The Labute approximate surface area is 156 Å². The lowest BCUT2D eigenvalue weighted by molar-refractivity contribution is 0.567. The lowest BCUT2D eigenvalue weighted by Gasteiger charge is -2.28. The summed E-state index contributed by atoms with van der Waals surface area (Å²) in [5, 5.41) is 4.46. The number of aromatic amines is 1. The van der Waals surface area contributed by atoms with Crippen LogP contribution in [0.2, 0.25) is 0 Å². The average molecular weight is 354 g/mol. The molecule has 0 atom stereocenters. The summed E-state index contributed by atoms with van der Waals surface area (Å²) in [5.74, 6) is 0. The molecule has 0 saturated heterocycles. The van der Waals surface area contributed by atoms with Crippen LogP contribution < -0.4 is 10.9 Å². The summed E-state index contributed by atoms with van der Waals surface area (Å²) in [7, 11) is 0. The summed E-state index contributed by atoms with van der Waals surface area (Å²) in [5.41, 5.74) is 2.39. The van der Waals surface area contributed by atoms with Gasteiger partial charge in [-0.15, -0.1) is 0 Å². The molecule has 0 aliphatic carbocycles. The molecule has 2 aromatic heterocycles. The molecule has 2 aromatic rings. The minimum Gasteiger partial charge on any atom is -0.379 e. The second-order valence-corrected chi connectivity index (χ2v) is 6.41. The standard InChI is InChI=1S/C20H25N3O.C2H6/c1-5-7-8-9-15(6-2)14-20(3,4)23-17-12-13-21-19-16(17)10-11-18(24)22-19;1-2/h6-13H,2,5,14H2,1,3-4H3,(H2,21,22,23,24);1-2H3/b8-7-,15-9+;. The van der Waals surface area contributed by atoms with E-state index in [2.05, 4.69) is 60.9 Å². The number of pyridine rings is 2. The van der Waals surface area contributed by atoms with Crippen LogP contribution in [0.15, 0.2) is 65.6 Å². The van der Waals surface area contributed by atoms with Crippen molar-refractivity contribution in [2.24, 2.45) is 0 Å². The molecule has 4 nitrogen and oxygen atoms in total. The Morgan fingerprint density at radius 3 is 2.69 bits per heavy atom. The third-order valence-electron chi connectivity index (χ3n) is 3.70. The van der Waals surface area contributed by atoms with Crippen molar-refractivity contribution in [2.45, 2.75) is 53.0 Å². The first-order valence-corrected chi connectivity index (χ1v) is 9.19. The minimum absolute atomic E-state index is 0.147. The molecule has 0 saturated carbocycles. The van der Waals surface area contributed by atoms with Gasteiger partial charge < -0.3 is 10.3 Å². The lowest BCUT2D eigenvalue weighted by atomic mass is 9.93. The van der Waals surface area contributed by atoms with Crippen molar-refractivity contribution in [2.75, 3.05) is 5.32 Å². The molecule has 140 valence electrons. The van der Waals surface area contributed by atoms with E-state index in [4.69, 9.17) is 0 Å². The summed E-state index contributed by atoms with van der Waals surface area (Å²) >= 11 is 0. The molecule has 0 unspecified atom stereocenters. The molecule has 0 aliphatic heterocycles. The summed E-state index contributed by atoms with van der Waals surface area (Å²) in [6.45, 7) is 14.3. The van der Waals surface area contributed by atoms with Gasteiger partial charge in [-0.2, -0.15) is 0 Å². The second-order valence-electron chi connectivity index (χ2n) is 6.41. The number of hydrogen-bond donors (Lipinski definition) is 2. The number of nitrogens with zero attached hydrogens (tertiary/aromatic N) is 1. The largest absolute Gasteiger partial charge is 0.379 e. The smallest absolute Gasteiger partial charge is 0.249 e. The normalized spacial score (nSPS) is 12.0. The van der Waals surface area contributed by atoms with Gasteiger partial charge in [-0.3, -0.25) is 4.79 Å². The highest BCUT2D eigenvalue weighted by atomic mass is 16.1. The van der Waals surface area contributed by atoms with Gasteiger partial charge >= 0.3 is 0 Å². The van der Waals surface area contributed by atoms with Crippen LogP contribution in [-0.4, -0.2) is 15.5 Å². The van der Waals surface area contributed by atoms with Gasteiger partial charge in [-0.05, 0) is 44.4 Å². The summed E-state index contributed by atoms with van der Waals surface area (Å²) in [6.07, 6.45) is 11.7. The van der Waals surface area contributed by atoms with Gasteiger partial charge in [0.05, 0.1) is 0 Å². The van der Waals surface area contributed by atoms with Crippen LogP contribution in [0.1, 0.15) is 47.5 Å². The van der Waals surface area contributed by atoms with Crippen LogP contribution in [0.5, 0.6) is 0 Å². The van der Waals surface area contributed by atoms with Gasteiger partial charge in [0.25, 0.3) is 0 Å². The fourth-order valence-corrected chi connectivity index (χ4v) is 2.61. The van der Waals surface area contributed by atoms with E-state index in [9.17, 15) is 4.79 Å². The highest BCUT2D eigenvalue weighted by Crippen LogP contribution is 2.26. The van der Waals surface area contributed by atoms with E-state index < -0.39 is 0 Å². The van der Waals surface area contributed by atoms with Crippen molar-refractivity contribution in [3.05, 3.63) is 71.2 Å². The second kappa shape index (κ2) is 10.4. The molecular formula is C22H31N3O. The fraction of sp³-hybridized carbons (Fsp3) is 0.364. The Morgan fingerprint density at radius 1 is 1.31 bits per heavy atom. The Hall–Kier alpha value is -2.62. The van der Waals surface area contributed by atoms with E-state index in [0.29, 0.717) is 5.65 Å². The summed E-state index contributed by atoms with van der Waals surface area (Å²) in [6, 6.07) is 5.25. The Kier molecular flexibility index (Phi) is 8.56. The van der Waals surface area contributed by atoms with E-state index in [1.165, 1.54) is 11.6 Å². The van der Waals surface area contributed by atoms with Crippen LogP contribution in [0.25, 0.3) is 11.0 Å². The van der Waals surface area contributed by atoms with Crippen molar-refractivity contribution in [3.8, 4) is 0 Å². The average Bonchev–Trinajstić information content (AvgIpc) is 2.62. The summed E-state index contributed by atoms with van der Waals surface area (Å²) in [4.78, 5) is 18.4. The first kappa shape index (κ1) is 21.4. The number of fused-ring (bicyclic) bond motifs is 1. The van der Waals surface area contributed by atoms with Gasteiger partial charge in [0.2, 0.25) is 5.56 Å². The third kappa shape index (κ3) is 6.36. The maximum absolute atomic E-state index is 11.4. The minimum atomic E-state index is -0.176. The van der Waals surface area contributed by atoms with Crippen molar-refractivity contribution in [1.82, 2.24) is 9.97 Å². The number of anilines is 1. The van der Waals surface area contributed by atoms with E-state index in [0.717, 1.165) is 23.9 Å². The van der Waals surface area contributed by atoms with Crippen molar-refractivity contribution >= 4 is 16.7 Å². The number of rotatable bonds is 7. The zero-order chi connectivity index (χ0) is 19.6. The molecule has 2 rings (SSSR count). The molecule has 0 bridgehead atoms. The van der Waals surface area contributed by atoms with Crippen molar-refractivity contribution < 1.29 is 0 Å². The van der Waals surface area contributed by atoms with E-state index in [-0.39, 0.29) is 11.1 Å². The molecular weight excluding hydrogens is 322 g/mol. The van der Waals surface area contributed by atoms with Gasteiger partial charge in [-0.25, -0.2) is 4.98 Å². The molecule has 26 heavy (non-hydrogen) atoms. The maximum atomic E-state index is 11.4. The van der Waals surface area contributed by atoms with Crippen LogP contribution >= 0.6 is 0 Å². The molecule has 0 aromatic carbocycles. The Bertz CT molecular complexity index is 829. The molecule has 0 spiro atoms. The molecule has 0 fully saturated rings. The quantitative estimate of drug-likeness (QED) is 0.636. The molecule has 0 radical (unpaired) electrons. The number of nitrogens with one attached hydrogen (secondary N) is 2. The van der Waals surface area contributed by atoms with Gasteiger partial charge in [0.15, 0.2) is 0 Å². The SMILES string of the molecule is C=C/C(=C\C=C/CC)CC(C)(C)Nc1ccnc2[nH]c(=O)ccc12.CC. The zero-order valence-corrected chi connectivity index (χ0v) is 16.6. The van der Waals surface area contributed by atoms with Gasteiger partial charge in [-0.1, -0.05) is 51.7 Å². The van der Waals surface area contributed by atoms with Crippen molar-refractivity contribution in [3.63, 3.8) is 0 Å². The predicted octanol–water partition coefficient (Wildman–Crippen LogP) is 5.61. The summed E-state index contributed by atoms with van der Waals surface area (Å²) < 4.78 is 0. The van der Waals surface area contributed by atoms with Crippen LogP contribution in [0.3, 0.4) is 0 Å². The van der Waals surface area contributed by atoms with E-state index in [1.807, 2.05) is 26.0 Å². The maximum Gasteiger partial charge on any atom is 0.249 e. The molecule has 0 aliphatic rings. The monoisotopic (exact) mass is 353 g/mol. The van der Waals surface area contributed by atoms with E-state index >= 15 is 0 Å². The van der Waals surface area contributed by atoms with Crippen LogP contribution in [0.4, 0.5) is 5.69 Å². The third-order valence-corrected chi connectivity index (χ3v) is 3.70. The molecule has 2 heterocycles. The predicted molar refractivity (Wildman–Crippen MR) is 114 cm³/mol. The lowest BCUT2D eigenvalue weighted by Crippen LogP contribution is -2.31. The van der Waals surface area contributed by atoms with Crippen LogP contribution in [-0.2, 0) is 0 Å². The first-order valence-electron chi connectivity index (χ1n) is 9.19. The van der Waals surface area contributed by atoms with Gasteiger partial charge in [0, 0.05) is 28.9 Å². The Balaban J connectivity index is 0.00000163. The molecule has 2 N–H and O–H groups in total. The zero-order valence-electron chi connectivity index (χ0n) is 16.6. The molecule has 4 heteroatoms. The Morgan fingerprint density at radius 2 is 2.04 bits per heavy atom. The fourth-order valence-electron chi connectivity index (χ4n) is 2.61. The van der Waals surface area contributed by atoms with Crippen molar-refractivity contribution in [1.29, 1.82) is 0 Å². The number of hydrogen-bond acceptors (Lipinski definition) is 3. The first-order chi connectivity index (χ1) is 12.4. The topological polar surface area (TPSA) is 57.8 Å². The number of H-pyrrole nitrogens is 1. The number of allylic oxidation sites excluding steroid dienone is 4. The highest BCUT2D eigenvalue weighted by molar-refractivity contribution is 5.88.